The topological polar surface area (TPSA) is 0 Å². The highest BCUT2D eigenvalue weighted by atomic mass is 15.4. The van der Waals surface area contributed by atoms with Crippen molar-refractivity contribution in [2.75, 3.05) is 6.54 Å². The Kier molecular flexibility index (Phi) is 16.0. The zero-order valence-corrected chi connectivity index (χ0v) is 31.5. The van der Waals surface area contributed by atoms with Gasteiger partial charge in [0.2, 0.25) is 0 Å². The van der Waals surface area contributed by atoms with Gasteiger partial charge in [0.1, 0.15) is 0 Å². The van der Waals surface area contributed by atoms with Crippen molar-refractivity contribution in [1.82, 2.24) is 0 Å². The van der Waals surface area contributed by atoms with Crippen LogP contribution in [0.2, 0.25) is 0 Å². The summed E-state index contributed by atoms with van der Waals surface area (Å²) in [4.78, 5) is 0. The highest BCUT2D eigenvalue weighted by molar-refractivity contribution is 4.93. The molecule has 1 nitrogen and oxygen atoms in total. The van der Waals surface area contributed by atoms with Gasteiger partial charge < -0.3 is 4.48 Å². The normalized spacial score (nSPS) is 35.5. The van der Waals surface area contributed by atoms with Gasteiger partial charge in [-0.3, -0.25) is 0 Å². The standard InChI is InChI=1S/C42H82N/c1-11-12-13-14-15-16-17-18-19-20-27-43(40-28-34(8)21-24-37(40)31(2)3,41-29-35(9)22-25-38(41)32(4)5)42-30-36(10)23-26-39(42)33(6)7/h31-42H,11-30H2,1-10H3/q+1. The van der Waals surface area contributed by atoms with Crippen LogP contribution in [0.3, 0.4) is 0 Å². The van der Waals surface area contributed by atoms with Crippen LogP contribution in [0, 0.1) is 53.3 Å². The van der Waals surface area contributed by atoms with Gasteiger partial charge in [-0.1, -0.05) is 121 Å². The van der Waals surface area contributed by atoms with Crippen LogP contribution in [0.5, 0.6) is 0 Å². The van der Waals surface area contributed by atoms with Crippen LogP contribution in [0.25, 0.3) is 0 Å². The Morgan fingerprint density at radius 1 is 0.442 bits per heavy atom. The molecule has 43 heavy (non-hydrogen) atoms. The maximum Gasteiger partial charge on any atom is 0.0928 e. The maximum absolute atomic E-state index is 2.63. The van der Waals surface area contributed by atoms with Crippen molar-refractivity contribution < 1.29 is 4.48 Å². The molecule has 0 aliphatic heterocycles. The summed E-state index contributed by atoms with van der Waals surface area (Å²) < 4.78 is 1.56. The van der Waals surface area contributed by atoms with Crippen molar-refractivity contribution in [3.63, 3.8) is 0 Å². The summed E-state index contributed by atoms with van der Waals surface area (Å²) in [6.45, 7) is 27.4. The number of quaternary nitrogens is 1. The van der Waals surface area contributed by atoms with Crippen LogP contribution in [0.4, 0.5) is 0 Å². The third-order valence-electron chi connectivity index (χ3n) is 13.7. The van der Waals surface area contributed by atoms with E-state index < -0.39 is 0 Å². The fourth-order valence-corrected chi connectivity index (χ4v) is 11.2. The van der Waals surface area contributed by atoms with Crippen LogP contribution in [0.15, 0.2) is 0 Å². The smallest absolute Gasteiger partial charge is 0.0928 e. The molecule has 3 saturated carbocycles. The lowest BCUT2D eigenvalue weighted by molar-refractivity contribution is -1.01. The first-order valence-corrected chi connectivity index (χ1v) is 20.4. The van der Waals surface area contributed by atoms with E-state index in [1.807, 2.05) is 0 Å². The fourth-order valence-electron chi connectivity index (χ4n) is 11.2. The Morgan fingerprint density at radius 3 is 1.05 bits per heavy atom. The second kappa shape index (κ2) is 18.3. The van der Waals surface area contributed by atoms with Crippen LogP contribution < -0.4 is 0 Å². The second-order valence-corrected chi connectivity index (χ2v) is 18.1. The number of rotatable bonds is 17. The molecule has 9 unspecified atom stereocenters. The highest BCUT2D eigenvalue weighted by Crippen LogP contribution is 2.53. The van der Waals surface area contributed by atoms with Crippen molar-refractivity contribution >= 4 is 0 Å². The molecule has 0 radical (unpaired) electrons. The first-order valence-electron chi connectivity index (χ1n) is 20.4. The van der Waals surface area contributed by atoms with E-state index in [0.717, 1.165) is 71.4 Å². The molecule has 0 spiro atoms. The molecule has 0 amide bonds. The van der Waals surface area contributed by atoms with Gasteiger partial charge in [-0.15, -0.1) is 0 Å². The summed E-state index contributed by atoms with van der Waals surface area (Å²) in [5.41, 5.74) is 0. The molecule has 0 aromatic carbocycles. The summed E-state index contributed by atoms with van der Waals surface area (Å²) in [5.74, 6) is 7.91. The molecule has 0 aromatic heterocycles. The zero-order valence-electron chi connectivity index (χ0n) is 31.5. The van der Waals surface area contributed by atoms with Crippen LogP contribution in [0.1, 0.15) is 191 Å². The number of unbranched alkanes of at least 4 members (excludes halogenated alkanes) is 9. The quantitative estimate of drug-likeness (QED) is 0.115. The van der Waals surface area contributed by atoms with Gasteiger partial charge in [0.05, 0.1) is 24.7 Å². The van der Waals surface area contributed by atoms with Gasteiger partial charge in [0, 0.05) is 37.0 Å². The molecule has 1 heteroatoms. The van der Waals surface area contributed by atoms with Crippen molar-refractivity contribution in [2.45, 2.75) is 209 Å². The van der Waals surface area contributed by atoms with Crippen LogP contribution >= 0.6 is 0 Å². The molecule has 0 saturated heterocycles. The lowest BCUT2D eigenvalue weighted by Gasteiger charge is -2.64. The van der Waals surface area contributed by atoms with Crippen LogP contribution in [-0.2, 0) is 0 Å². The van der Waals surface area contributed by atoms with Gasteiger partial charge in [0.25, 0.3) is 0 Å². The summed E-state index contributed by atoms with van der Waals surface area (Å²) >= 11 is 0. The summed E-state index contributed by atoms with van der Waals surface area (Å²) in [7, 11) is 0. The van der Waals surface area contributed by atoms with Gasteiger partial charge >= 0.3 is 0 Å². The van der Waals surface area contributed by atoms with Crippen molar-refractivity contribution in [3.8, 4) is 0 Å². The highest BCUT2D eigenvalue weighted by Gasteiger charge is 2.59. The Bertz CT molecular complexity index is 658. The average Bonchev–Trinajstić information content (AvgIpc) is 2.95. The SMILES string of the molecule is CCCCCCCCCCCC[N+](C1CC(C)CCC1C(C)C)(C1CC(C)CCC1C(C)C)C1CC(C)CCC1C(C)C. The number of hydrogen-bond donors (Lipinski definition) is 0. The Hall–Kier alpha value is -0.0400. The molecule has 3 aliphatic rings. The molecule has 3 fully saturated rings. The lowest BCUT2D eigenvalue weighted by Crippen LogP contribution is -2.74. The minimum atomic E-state index is 0.819. The van der Waals surface area contributed by atoms with E-state index in [1.165, 1.54) is 129 Å². The molecular formula is C42H82N+. The Balaban J connectivity index is 2.01. The summed E-state index contributed by atoms with van der Waals surface area (Å²) in [5, 5.41) is 0. The molecule has 9 atom stereocenters. The third-order valence-corrected chi connectivity index (χ3v) is 13.7. The van der Waals surface area contributed by atoms with Gasteiger partial charge in [0.15, 0.2) is 0 Å². The molecule has 3 aliphatic carbocycles. The monoisotopic (exact) mass is 601 g/mol. The predicted octanol–water partition coefficient (Wildman–Crippen LogP) is 13.1. The fraction of sp³-hybridized carbons (Fsp3) is 1.00. The Labute approximate surface area is 273 Å². The number of nitrogens with zero attached hydrogens (tertiary/aromatic N) is 1. The molecular weight excluding hydrogens is 518 g/mol. The summed E-state index contributed by atoms with van der Waals surface area (Å²) in [6.07, 6.45) is 28.0. The minimum absolute atomic E-state index is 0.819. The van der Waals surface area contributed by atoms with E-state index >= 15 is 0 Å². The summed E-state index contributed by atoms with van der Waals surface area (Å²) in [6, 6.07) is 2.65. The van der Waals surface area contributed by atoms with Gasteiger partial charge in [-0.25, -0.2) is 0 Å². The molecule has 0 aromatic rings. The number of hydrogen-bond acceptors (Lipinski definition) is 0. The molecule has 0 heterocycles. The first-order chi connectivity index (χ1) is 20.5. The van der Waals surface area contributed by atoms with E-state index in [-0.39, 0.29) is 0 Å². The third kappa shape index (κ3) is 9.97. The van der Waals surface area contributed by atoms with E-state index in [9.17, 15) is 0 Å². The van der Waals surface area contributed by atoms with Crippen LogP contribution in [-0.4, -0.2) is 29.2 Å². The lowest BCUT2D eigenvalue weighted by atomic mass is 9.63. The molecule has 254 valence electrons. The van der Waals surface area contributed by atoms with E-state index in [2.05, 4.69) is 69.2 Å². The minimum Gasteiger partial charge on any atom is -0.316 e. The maximum atomic E-state index is 2.63. The second-order valence-electron chi connectivity index (χ2n) is 18.1. The van der Waals surface area contributed by atoms with E-state index in [4.69, 9.17) is 0 Å². The van der Waals surface area contributed by atoms with Gasteiger partial charge in [-0.2, -0.15) is 0 Å². The van der Waals surface area contributed by atoms with Crippen molar-refractivity contribution in [1.29, 1.82) is 0 Å². The van der Waals surface area contributed by atoms with E-state index in [0.29, 0.717) is 0 Å². The first kappa shape index (κ1) is 37.4. The van der Waals surface area contributed by atoms with E-state index in [1.54, 1.807) is 4.48 Å². The largest absolute Gasteiger partial charge is 0.316 e. The Morgan fingerprint density at radius 2 is 0.744 bits per heavy atom. The van der Waals surface area contributed by atoms with Gasteiger partial charge in [-0.05, 0) is 86.9 Å². The molecule has 0 N–H and O–H groups in total. The average molecular weight is 601 g/mol. The van der Waals surface area contributed by atoms with Crippen molar-refractivity contribution in [3.05, 3.63) is 0 Å². The molecule has 0 bridgehead atoms. The zero-order chi connectivity index (χ0) is 31.6. The predicted molar refractivity (Wildman–Crippen MR) is 192 cm³/mol. The van der Waals surface area contributed by atoms with Crippen molar-refractivity contribution in [2.24, 2.45) is 53.3 Å². The molecule has 3 rings (SSSR count).